The number of ketones is 1. The topological polar surface area (TPSA) is 61.2 Å². The Kier molecular flexibility index (Phi) is 5.51. The average Bonchev–Trinajstić information content (AvgIpc) is 3.20. The Bertz CT molecular complexity index is 1250. The van der Waals surface area contributed by atoms with Crippen molar-refractivity contribution in [2.24, 2.45) is 7.05 Å². The van der Waals surface area contributed by atoms with E-state index >= 15 is 0 Å². The van der Waals surface area contributed by atoms with Gasteiger partial charge in [0, 0.05) is 11.9 Å². The van der Waals surface area contributed by atoms with E-state index in [4.69, 9.17) is 4.74 Å². The molecule has 0 unspecified atom stereocenters. The summed E-state index contributed by atoms with van der Waals surface area (Å²) >= 11 is 2.74. The van der Waals surface area contributed by atoms with Crippen LogP contribution in [0.2, 0.25) is 0 Å². The SMILES string of the molecule is COc1ccccc1C(=O)CSc1nc2sc(-c3ccccc3)cc2c(=O)n1C. The van der Waals surface area contributed by atoms with Crippen LogP contribution in [0.4, 0.5) is 0 Å². The van der Waals surface area contributed by atoms with Crippen molar-refractivity contribution in [2.75, 3.05) is 12.9 Å². The highest BCUT2D eigenvalue weighted by molar-refractivity contribution is 7.99. The predicted octanol–water partition coefficient (Wildman–Crippen LogP) is 4.65. The highest BCUT2D eigenvalue weighted by Crippen LogP contribution is 2.32. The molecule has 7 heteroatoms. The summed E-state index contributed by atoms with van der Waals surface area (Å²) in [5.41, 5.74) is 1.47. The summed E-state index contributed by atoms with van der Waals surface area (Å²) in [6.07, 6.45) is 0. The first kappa shape index (κ1) is 19.4. The molecule has 4 rings (SSSR count). The standard InChI is InChI=1S/C22H18N2O3S2/c1-24-21(26)16-12-19(14-8-4-3-5-9-14)29-20(16)23-22(24)28-13-17(25)15-10-6-7-11-18(15)27-2/h3-12H,13H2,1-2H3. The minimum Gasteiger partial charge on any atom is -0.496 e. The number of ether oxygens (including phenoxy) is 1. The van der Waals surface area contributed by atoms with Crippen LogP contribution in [-0.4, -0.2) is 28.2 Å². The molecule has 0 fully saturated rings. The van der Waals surface area contributed by atoms with Crippen LogP contribution in [0.5, 0.6) is 5.75 Å². The second kappa shape index (κ2) is 8.23. The molecule has 0 aliphatic carbocycles. The van der Waals surface area contributed by atoms with Gasteiger partial charge < -0.3 is 4.74 Å². The maximum absolute atomic E-state index is 12.8. The smallest absolute Gasteiger partial charge is 0.262 e. The lowest BCUT2D eigenvalue weighted by Gasteiger charge is -2.08. The Morgan fingerprint density at radius 2 is 1.86 bits per heavy atom. The Hall–Kier alpha value is -2.90. The van der Waals surface area contributed by atoms with Crippen molar-refractivity contribution in [1.82, 2.24) is 9.55 Å². The number of hydrogen-bond donors (Lipinski definition) is 0. The molecule has 2 aromatic heterocycles. The fraction of sp³-hybridized carbons (Fsp3) is 0.136. The Morgan fingerprint density at radius 3 is 2.62 bits per heavy atom. The Labute approximate surface area is 176 Å². The van der Waals surface area contributed by atoms with Gasteiger partial charge in [-0.25, -0.2) is 4.98 Å². The van der Waals surface area contributed by atoms with Crippen molar-refractivity contribution in [1.29, 1.82) is 0 Å². The monoisotopic (exact) mass is 422 g/mol. The molecule has 0 saturated heterocycles. The van der Waals surface area contributed by atoms with Crippen LogP contribution in [0.15, 0.2) is 70.6 Å². The number of aromatic nitrogens is 2. The largest absolute Gasteiger partial charge is 0.496 e. The predicted molar refractivity (Wildman–Crippen MR) is 118 cm³/mol. The number of para-hydroxylation sites is 1. The molecule has 0 N–H and O–H groups in total. The molecule has 4 aromatic rings. The number of thioether (sulfide) groups is 1. The zero-order valence-corrected chi connectivity index (χ0v) is 17.5. The number of methoxy groups -OCH3 is 1. The highest BCUT2D eigenvalue weighted by Gasteiger charge is 2.16. The molecule has 0 atom stereocenters. The van der Waals surface area contributed by atoms with Gasteiger partial charge in [-0.1, -0.05) is 54.2 Å². The summed E-state index contributed by atoms with van der Waals surface area (Å²) in [4.78, 5) is 31.8. The van der Waals surface area contributed by atoms with Crippen molar-refractivity contribution >= 4 is 39.1 Å². The number of rotatable bonds is 6. The van der Waals surface area contributed by atoms with Gasteiger partial charge in [0.25, 0.3) is 5.56 Å². The number of thiophene rings is 1. The summed E-state index contributed by atoms with van der Waals surface area (Å²) in [5, 5.41) is 1.11. The van der Waals surface area contributed by atoms with Crippen LogP contribution < -0.4 is 10.3 Å². The molecule has 0 aliphatic rings. The maximum atomic E-state index is 12.8. The lowest BCUT2D eigenvalue weighted by atomic mass is 10.1. The van der Waals surface area contributed by atoms with E-state index in [9.17, 15) is 9.59 Å². The van der Waals surface area contributed by atoms with Crippen molar-refractivity contribution in [3.05, 3.63) is 76.6 Å². The van der Waals surface area contributed by atoms with Gasteiger partial charge in [0.15, 0.2) is 10.9 Å². The van der Waals surface area contributed by atoms with Crippen molar-refractivity contribution in [3.8, 4) is 16.2 Å². The zero-order valence-electron chi connectivity index (χ0n) is 15.9. The van der Waals surface area contributed by atoms with E-state index in [2.05, 4.69) is 4.98 Å². The van der Waals surface area contributed by atoms with E-state index in [1.165, 1.54) is 27.7 Å². The van der Waals surface area contributed by atoms with E-state index < -0.39 is 0 Å². The molecule has 146 valence electrons. The molecule has 29 heavy (non-hydrogen) atoms. The minimum absolute atomic E-state index is 0.0713. The van der Waals surface area contributed by atoms with E-state index in [1.54, 1.807) is 32.4 Å². The van der Waals surface area contributed by atoms with E-state index in [0.29, 0.717) is 26.7 Å². The summed E-state index contributed by atoms with van der Waals surface area (Å²) in [7, 11) is 3.23. The molecular formula is C22H18N2O3S2. The Morgan fingerprint density at radius 1 is 1.14 bits per heavy atom. The lowest BCUT2D eigenvalue weighted by Crippen LogP contribution is -2.19. The summed E-state index contributed by atoms with van der Waals surface area (Å²) < 4.78 is 6.77. The fourth-order valence-electron chi connectivity index (χ4n) is 3.00. The minimum atomic E-state index is -0.110. The molecule has 0 bridgehead atoms. The Balaban J connectivity index is 1.63. The lowest BCUT2D eigenvalue weighted by molar-refractivity contribution is 0.101. The second-order valence-electron chi connectivity index (χ2n) is 6.37. The van der Waals surface area contributed by atoms with Gasteiger partial charge >= 0.3 is 0 Å². The van der Waals surface area contributed by atoms with Crippen molar-refractivity contribution < 1.29 is 9.53 Å². The summed E-state index contributed by atoms with van der Waals surface area (Å²) in [6, 6.07) is 18.9. The van der Waals surface area contributed by atoms with Gasteiger partial charge in [-0.15, -0.1) is 11.3 Å². The number of carbonyl (C=O) groups excluding carboxylic acids is 1. The molecule has 0 saturated carbocycles. The third-order valence-electron chi connectivity index (χ3n) is 4.53. The number of carbonyl (C=O) groups is 1. The number of Topliss-reactive ketones (excluding diaryl/α,β-unsaturated/α-hetero) is 1. The van der Waals surface area contributed by atoms with Crippen LogP contribution in [-0.2, 0) is 7.05 Å². The normalized spacial score (nSPS) is 11.0. The van der Waals surface area contributed by atoms with Gasteiger partial charge in [0.1, 0.15) is 10.6 Å². The first-order chi connectivity index (χ1) is 14.1. The highest BCUT2D eigenvalue weighted by atomic mass is 32.2. The molecule has 0 spiro atoms. The van der Waals surface area contributed by atoms with Crippen LogP contribution in [0.25, 0.3) is 20.7 Å². The molecule has 0 amide bonds. The third-order valence-corrected chi connectivity index (χ3v) is 6.64. The van der Waals surface area contributed by atoms with Crippen molar-refractivity contribution in [2.45, 2.75) is 5.16 Å². The van der Waals surface area contributed by atoms with Gasteiger partial charge in [-0.3, -0.25) is 14.2 Å². The van der Waals surface area contributed by atoms with Crippen LogP contribution >= 0.6 is 23.1 Å². The van der Waals surface area contributed by atoms with Crippen LogP contribution in [0.1, 0.15) is 10.4 Å². The maximum Gasteiger partial charge on any atom is 0.262 e. The number of fused-ring (bicyclic) bond motifs is 1. The van der Waals surface area contributed by atoms with E-state index in [0.717, 1.165) is 10.4 Å². The molecule has 2 heterocycles. The van der Waals surface area contributed by atoms with Gasteiger partial charge in [-0.2, -0.15) is 0 Å². The van der Waals surface area contributed by atoms with E-state index in [-0.39, 0.29) is 17.1 Å². The zero-order chi connectivity index (χ0) is 20.4. The molecule has 5 nitrogen and oxygen atoms in total. The molecule has 0 aliphatic heterocycles. The molecule has 2 aromatic carbocycles. The quantitative estimate of drug-likeness (QED) is 0.257. The van der Waals surface area contributed by atoms with Crippen molar-refractivity contribution in [3.63, 3.8) is 0 Å². The molecule has 0 radical (unpaired) electrons. The third kappa shape index (κ3) is 3.83. The number of benzene rings is 2. The van der Waals surface area contributed by atoms with Gasteiger partial charge in [0.2, 0.25) is 0 Å². The summed E-state index contributed by atoms with van der Waals surface area (Å²) in [6.45, 7) is 0. The van der Waals surface area contributed by atoms with Crippen LogP contribution in [0.3, 0.4) is 0 Å². The number of nitrogens with zero attached hydrogens (tertiary/aromatic N) is 2. The summed E-state index contributed by atoms with van der Waals surface area (Å²) in [5.74, 6) is 0.641. The van der Waals surface area contributed by atoms with Crippen LogP contribution in [0, 0.1) is 0 Å². The van der Waals surface area contributed by atoms with Gasteiger partial charge in [-0.05, 0) is 23.8 Å². The van der Waals surface area contributed by atoms with Gasteiger partial charge in [0.05, 0.1) is 23.8 Å². The first-order valence-electron chi connectivity index (χ1n) is 8.93. The average molecular weight is 423 g/mol. The second-order valence-corrected chi connectivity index (χ2v) is 8.34. The molecular weight excluding hydrogens is 404 g/mol. The van der Waals surface area contributed by atoms with E-state index in [1.807, 2.05) is 42.5 Å². The fourth-order valence-corrected chi connectivity index (χ4v) is 4.94. The number of hydrogen-bond acceptors (Lipinski definition) is 6. The first-order valence-corrected chi connectivity index (χ1v) is 10.7.